The first kappa shape index (κ1) is 29.3. The molecule has 1 spiro atoms. The van der Waals surface area contributed by atoms with Gasteiger partial charge in [-0.2, -0.15) is 4.31 Å². The van der Waals surface area contributed by atoms with Crippen molar-refractivity contribution in [2.75, 3.05) is 27.2 Å². The Bertz CT molecular complexity index is 1240. The summed E-state index contributed by atoms with van der Waals surface area (Å²) in [6.07, 6.45) is 2.13. The van der Waals surface area contributed by atoms with Crippen LogP contribution in [-0.4, -0.2) is 79.7 Å². The highest BCUT2D eigenvalue weighted by atomic mass is 32.2. The lowest BCUT2D eigenvalue weighted by molar-refractivity contribution is -0.158. The van der Waals surface area contributed by atoms with Crippen molar-refractivity contribution >= 4 is 28.0 Å². The van der Waals surface area contributed by atoms with Gasteiger partial charge in [-0.25, -0.2) is 18.0 Å². The van der Waals surface area contributed by atoms with Crippen LogP contribution in [0.5, 0.6) is 5.75 Å². The van der Waals surface area contributed by atoms with E-state index in [0.717, 1.165) is 12.8 Å². The second-order valence-corrected chi connectivity index (χ2v) is 15.0. The maximum Gasteiger partial charge on any atom is 0.414 e. The number of ether oxygens (including phenoxy) is 2. The van der Waals surface area contributed by atoms with Gasteiger partial charge in [-0.3, -0.25) is 4.79 Å². The van der Waals surface area contributed by atoms with Crippen LogP contribution in [-0.2, 0) is 30.8 Å². The summed E-state index contributed by atoms with van der Waals surface area (Å²) in [6.45, 7) is 9.54. The zero-order chi connectivity index (χ0) is 29.0. The quantitative estimate of drug-likeness (QED) is 0.506. The molecule has 4 rings (SSSR count). The van der Waals surface area contributed by atoms with Crippen molar-refractivity contribution in [2.24, 2.45) is 16.7 Å². The maximum atomic E-state index is 13.4. The standard InChI is InChI=1S/C28H41N3O7S/c1-26(2,3)38-24(33)21(14-18-8-10-20(11-9-18)37-25(34)30(6)7)29-23(32)16-31-17-28-13-12-19(27(28,4)5)15-22(28)39(31,35)36/h8-11,19,21-22H,12-17H2,1-7H3,(H,29,32)/t19?,21-,22?,28?/m0/s1. The molecule has 1 aliphatic heterocycles. The minimum Gasteiger partial charge on any atom is -0.458 e. The fraction of sp³-hybridized carbons (Fsp3) is 0.679. The number of benzene rings is 1. The molecule has 3 fully saturated rings. The molecular weight excluding hydrogens is 522 g/mol. The molecule has 3 unspecified atom stereocenters. The van der Waals surface area contributed by atoms with Crippen molar-refractivity contribution in [2.45, 2.75) is 77.2 Å². The Morgan fingerprint density at radius 3 is 2.33 bits per heavy atom. The number of rotatable bonds is 7. The number of hydrogen-bond acceptors (Lipinski definition) is 7. The Balaban J connectivity index is 1.47. The first-order valence-corrected chi connectivity index (χ1v) is 15.0. The molecule has 4 atom stereocenters. The molecule has 1 saturated heterocycles. The monoisotopic (exact) mass is 563 g/mol. The van der Waals surface area contributed by atoms with E-state index in [1.165, 1.54) is 9.21 Å². The van der Waals surface area contributed by atoms with Crippen molar-refractivity contribution in [3.8, 4) is 5.75 Å². The zero-order valence-electron chi connectivity index (χ0n) is 23.9. The molecular formula is C28H41N3O7S. The Labute approximate surface area is 231 Å². The molecule has 2 aliphatic carbocycles. The van der Waals surface area contributed by atoms with Crippen LogP contribution in [0.15, 0.2) is 24.3 Å². The Hall–Kier alpha value is -2.66. The summed E-state index contributed by atoms with van der Waals surface area (Å²) in [7, 11) is -0.466. The average Bonchev–Trinajstić information content (AvgIpc) is 3.29. The van der Waals surface area contributed by atoms with Gasteiger partial charge in [-0.05, 0) is 69.1 Å². The molecule has 0 radical (unpaired) electrons. The summed E-state index contributed by atoms with van der Waals surface area (Å²) in [5.74, 6) is -0.424. The number of sulfonamides is 1. The lowest BCUT2D eigenvalue weighted by atomic mass is 9.69. The fourth-order valence-electron chi connectivity index (χ4n) is 6.60. The highest BCUT2D eigenvalue weighted by Gasteiger charge is 2.72. The Morgan fingerprint density at radius 2 is 1.79 bits per heavy atom. The predicted octanol–water partition coefficient (Wildman–Crippen LogP) is 2.96. The number of hydrogen-bond donors (Lipinski definition) is 1. The van der Waals surface area contributed by atoms with Gasteiger partial charge in [-0.15, -0.1) is 0 Å². The largest absolute Gasteiger partial charge is 0.458 e. The van der Waals surface area contributed by atoms with Crippen LogP contribution in [0.2, 0.25) is 0 Å². The van der Waals surface area contributed by atoms with E-state index in [4.69, 9.17) is 9.47 Å². The number of fused-ring (bicyclic) bond motifs is 1. The van der Waals surface area contributed by atoms with Crippen molar-refractivity contribution in [1.82, 2.24) is 14.5 Å². The molecule has 10 nitrogen and oxygen atoms in total. The first-order valence-electron chi connectivity index (χ1n) is 13.5. The first-order chi connectivity index (χ1) is 18.0. The second-order valence-electron chi connectivity index (χ2n) is 12.9. The topological polar surface area (TPSA) is 122 Å². The molecule has 2 saturated carbocycles. The molecule has 3 aliphatic rings. The van der Waals surface area contributed by atoms with Gasteiger partial charge in [0.05, 0.1) is 11.8 Å². The van der Waals surface area contributed by atoms with E-state index in [1.807, 2.05) is 0 Å². The molecule has 1 aromatic carbocycles. The van der Waals surface area contributed by atoms with E-state index in [1.54, 1.807) is 59.1 Å². The minimum absolute atomic E-state index is 0.0952. The molecule has 1 N–H and O–H groups in total. The highest BCUT2D eigenvalue weighted by Crippen LogP contribution is 2.70. The average molecular weight is 564 g/mol. The third-order valence-corrected chi connectivity index (χ3v) is 11.2. The van der Waals surface area contributed by atoms with Crippen LogP contribution in [0.3, 0.4) is 0 Å². The number of carbonyl (C=O) groups excluding carboxylic acids is 3. The van der Waals surface area contributed by atoms with Gasteiger partial charge in [0.25, 0.3) is 0 Å². The molecule has 1 aromatic rings. The summed E-state index contributed by atoms with van der Waals surface area (Å²) in [5.41, 5.74) is -0.498. The van der Waals surface area contributed by atoms with E-state index in [-0.39, 0.29) is 23.8 Å². The van der Waals surface area contributed by atoms with Crippen LogP contribution in [0.4, 0.5) is 4.79 Å². The van der Waals surface area contributed by atoms with E-state index < -0.39 is 44.9 Å². The summed E-state index contributed by atoms with van der Waals surface area (Å²) in [6, 6.07) is 5.59. The third kappa shape index (κ3) is 5.52. The van der Waals surface area contributed by atoms with Crippen molar-refractivity contribution in [1.29, 1.82) is 0 Å². The van der Waals surface area contributed by atoms with Gasteiger partial charge in [0, 0.05) is 32.5 Å². The van der Waals surface area contributed by atoms with Gasteiger partial charge in [0.2, 0.25) is 15.9 Å². The van der Waals surface area contributed by atoms with E-state index >= 15 is 0 Å². The van der Waals surface area contributed by atoms with Crippen molar-refractivity contribution in [3.63, 3.8) is 0 Å². The summed E-state index contributed by atoms with van der Waals surface area (Å²) in [5, 5.41) is 2.28. The van der Waals surface area contributed by atoms with Crippen molar-refractivity contribution < 1.29 is 32.3 Å². The Morgan fingerprint density at radius 1 is 1.15 bits per heavy atom. The van der Waals surface area contributed by atoms with Crippen LogP contribution in [0.1, 0.15) is 59.4 Å². The van der Waals surface area contributed by atoms with Crippen LogP contribution >= 0.6 is 0 Å². The normalized spacial score (nSPS) is 27.5. The molecule has 39 heavy (non-hydrogen) atoms. The number of amides is 2. The van der Waals surface area contributed by atoms with Crippen LogP contribution in [0, 0.1) is 16.7 Å². The second kappa shape index (κ2) is 10.1. The van der Waals surface area contributed by atoms with Crippen LogP contribution in [0.25, 0.3) is 0 Å². The predicted molar refractivity (Wildman–Crippen MR) is 145 cm³/mol. The molecule has 2 amide bonds. The highest BCUT2D eigenvalue weighted by molar-refractivity contribution is 7.90. The van der Waals surface area contributed by atoms with Crippen molar-refractivity contribution in [3.05, 3.63) is 29.8 Å². The van der Waals surface area contributed by atoms with E-state index in [0.29, 0.717) is 30.2 Å². The lowest BCUT2D eigenvalue weighted by Gasteiger charge is -2.36. The smallest absolute Gasteiger partial charge is 0.414 e. The number of nitrogens with zero attached hydrogens (tertiary/aromatic N) is 2. The van der Waals surface area contributed by atoms with Gasteiger partial charge in [-0.1, -0.05) is 26.0 Å². The van der Waals surface area contributed by atoms with Crippen LogP contribution < -0.4 is 10.1 Å². The molecule has 1 heterocycles. The third-order valence-electron chi connectivity index (χ3n) is 8.82. The fourth-order valence-corrected chi connectivity index (χ4v) is 9.21. The molecule has 216 valence electrons. The minimum atomic E-state index is -3.62. The maximum absolute atomic E-state index is 13.4. The zero-order valence-corrected chi connectivity index (χ0v) is 24.8. The summed E-state index contributed by atoms with van der Waals surface area (Å²) >= 11 is 0. The van der Waals surface area contributed by atoms with Gasteiger partial charge in [0.15, 0.2) is 0 Å². The van der Waals surface area contributed by atoms with Gasteiger partial charge < -0.3 is 19.7 Å². The van der Waals surface area contributed by atoms with Gasteiger partial charge in [0.1, 0.15) is 17.4 Å². The summed E-state index contributed by atoms with van der Waals surface area (Å²) in [4.78, 5) is 39.4. The SMILES string of the molecule is CN(C)C(=O)Oc1ccc(C[C@H](NC(=O)CN2CC34CCC(CC3S2(=O)=O)C4(C)C)C(=O)OC(C)(C)C)cc1. The summed E-state index contributed by atoms with van der Waals surface area (Å²) < 4.78 is 39.0. The number of nitrogens with one attached hydrogen (secondary N) is 1. The number of carbonyl (C=O) groups is 3. The lowest BCUT2D eigenvalue weighted by Crippen LogP contribution is -2.49. The molecule has 0 aromatic heterocycles. The van der Waals surface area contributed by atoms with Gasteiger partial charge >= 0.3 is 12.1 Å². The number of esters is 1. The van der Waals surface area contributed by atoms with E-state index in [9.17, 15) is 22.8 Å². The molecule has 11 heteroatoms. The molecule has 2 bridgehead atoms. The van der Waals surface area contributed by atoms with E-state index in [2.05, 4.69) is 19.2 Å². The Kier molecular flexibility index (Phi) is 7.57.